The molecular weight excluding hydrogens is 140 g/mol. The van der Waals surface area contributed by atoms with Crippen LogP contribution in [0.15, 0.2) is 11.1 Å². The molecule has 2 nitrogen and oxygen atoms in total. The van der Waals surface area contributed by atoms with E-state index in [4.69, 9.17) is 0 Å². The SMILES string of the molecule is O=CC1=C(C=O)C2CCC1C2. The average Bonchev–Trinajstić information content (AvgIpc) is 2.60. The molecule has 0 spiro atoms. The molecule has 58 valence electrons. The Morgan fingerprint density at radius 3 is 1.82 bits per heavy atom. The minimum absolute atomic E-state index is 0.415. The lowest BCUT2D eigenvalue weighted by atomic mass is 9.93. The van der Waals surface area contributed by atoms with Crippen LogP contribution in [-0.2, 0) is 9.59 Å². The first-order valence-corrected chi connectivity index (χ1v) is 4.01. The van der Waals surface area contributed by atoms with Gasteiger partial charge in [-0.25, -0.2) is 0 Å². The van der Waals surface area contributed by atoms with E-state index in [1.54, 1.807) is 0 Å². The predicted molar refractivity (Wildman–Crippen MR) is 40.0 cm³/mol. The highest BCUT2D eigenvalue weighted by Crippen LogP contribution is 2.46. The predicted octanol–water partition coefficient (Wildman–Crippen LogP) is 1.11. The van der Waals surface area contributed by atoms with Crippen LogP contribution < -0.4 is 0 Å². The van der Waals surface area contributed by atoms with E-state index in [1.165, 1.54) is 0 Å². The fraction of sp³-hybridized carbons (Fsp3) is 0.556. The summed E-state index contributed by atoms with van der Waals surface area (Å²) in [7, 11) is 0. The Hall–Kier alpha value is -0.920. The van der Waals surface area contributed by atoms with Crippen LogP contribution in [0.3, 0.4) is 0 Å². The molecule has 0 amide bonds. The highest BCUT2D eigenvalue weighted by atomic mass is 16.1. The second-order valence-electron chi connectivity index (χ2n) is 3.35. The molecule has 2 atom stereocenters. The molecule has 0 radical (unpaired) electrons. The van der Waals surface area contributed by atoms with Crippen molar-refractivity contribution in [2.75, 3.05) is 0 Å². The van der Waals surface area contributed by atoms with Gasteiger partial charge >= 0.3 is 0 Å². The number of hydrogen-bond donors (Lipinski definition) is 0. The maximum Gasteiger partial charge on any atom is 0.146 e. The summed E-state index contributed by atoms with van der Waals surface area (Å²) in [6.07, 6.45) is 5.00. The first-order chi connectivity index (χ1) is 5.36. The summed E-state index contributed by atoms with van der Waals surface area (Å²) in [5.74, 6) is 0.829. The maximum atomic E-state index is 10.5. The highest BCUT2D eigenvalue weighted by molar-refractivity contribution is 5.89. The summed E-state index contributed by atoms with van der Waals surface area (Å²) in [6, 6.07) is 0. The van der Waals surface area contributed by atoms with Gasteiger partial charge in [-0.2, -0.15) is 0 Å². The van der Waals surface area contributed by atoms with Crippen LogP contribution in [0.25, 0.3) is 0 Å². The number of aldehydes is 2. The van der Waals surface area contributed by atoms with Gasteiger partial charge in [0.1, 0.15) is 12.6 Å². The molecule has 0 aromatic heterocycles. The van der Waals surface area contributed by atoms with E-state index in [9.17, 15) is 9.59 Å². The normalized spacial score (nSPS) is 34.5. The van der Waals surface area contributed by atoms with Crippen molar-refractivity contribution in [1.29, 1.82) is 0 Å². The van der Waals surface area contributed by atoms with Gasteiger partial charge in [0.2, 0.25) is 0 Å². The summed E-state index contributed by atoms with van der Waals surface area (Å²) in [6.45, 7) is 0. The second kappa shape index (κ2) is 2.29. The number of allylic oxidation sites excluding steroid dienone is 2. The standard InChI is InChI=1S/C9H10O2/c10-4-8-6-1-2-7(3-6)9(8)5-11/h4-7H,1-3H2. The van der Waals surface area contributed by atoms with Crippen LogP contribution in [0.1, 0.15) is 19.3 Å². The number of rotatable bonds is 2. The third-order valence-electron chi connectivity index (χ3n) is 2.90. The molecule has 1 saturated carbocycles. The molecule has 2 bridgehead atoms. The van der Waals surface area contributed by atoms with Crippen LogP contribution in [0.4, 0.5) is 0 Å². The Morgan fingerprint density at radius 1 is 1.00 bits per heavy atom. The van der Waals surface area contributed by atoms with Gasteiger partial charge in [-0.1, -0.05) is 0 Å². The lowest BCUT2D eigenvalue weighted by Crippen LogP contribution is -2.04. The summed E-state index contributed by atoms with van der Waals surface area (Å²) < 4.78 is 0. The monoisotopic (exact) mass is 150 g/mol. The Morgan fingerprint density at radius 2 is 1.45 bits per heavy atom. The van der Waals surface area contributed by atoms with Crippen molar-refractivity contribution < 1.29 is 9.59 Å². The second-order valence-corrected chi connectivity index (χ2v) is 3.35. The Bertz CT molecular complexity index is 216. The van der Waals surface area contributed by atoms with Crippen LogP contribution in [0, 0.1) is 11.8 Å². The molecule has 0 aromatic carbocycles. The molecule has 2 aliphatic rings. The van der Waals surface area contributed by atoms with E-state index in [2.05, 4.69) is 0 Å². The van der Waals surface area contributed by atoms with Crippen molar-refractivity contribution in [1.82, 2.24) is 0 Å². The quantitative estimate of drug-likeness (QED) is 0.552. The minimum atomic E-state index is 0.415. The number of carbonyl (C=O) groups excluding carboxylic acids is 2. The molecule has 11 heavy (non-hydrogen) atoms. The molecule has 0 aromatic rings. The van der Waals surface area contributed by atoms with Gasteiger partial charge in [0.25, 0.3) is 0 Å². The third kappa shape index (κ3) is 0.785. The largest absolute Gasteiger partial charge is 0.298 e. The number of fused-ring (bicyclic) bond motifs is 2. The maximum absolute atomic E-state index is 10.5. The van der Waals surface area contributed by atoms with Crippen molar-refractivity contribution >= 4 is 12.6 Å². The zero-order chi connectivity index (χ0) is 7.84. The summed E-state index contributed by atoms with van der Waals surface area (Å²) in [5, 5.41) is 0. The van der Waals surface area contributed by atoms with Crippen LogP contribution in [0.5, 0.6) is 0 Å². The summed E-state index contributed by atoms with van der Waals surface area (Å²) in [5.41, 5.74) is 1.58. The molecule has 2 heteroatoms. The first kappa shape index (κ1) is 6.77. The van der Waals surface area contributed by atoms with E-state index >= 15 is 0 Å². The summed E-state index contributed by atoms with van der Waals surface area (Å²) >= 11 is 0. The van der Waals surface area contributed by atoms with Gasteiger partial charge in [0.05, 0.1) is 0 Å². The van der Waals surface area contributed by atoms with Gasteiger partial charge in [-0.15, -0.1) is 0 Å². The third-order valence-corrected chi connectivity index (χ3v) is 2.90. The Kier molecular flexibility index (Phi) is 1.41. The van der Waals surface area contributed by atoms with Crippen molar-refractivity contribution in [3.63, 3.8) is 0 Å². The fourth-order valence-corrected chi connectivity index (χ4v) is 2.35. The molecule has 2 unspecified atom stereocenters. The molecule has 0 N–H and O–H groups in total. The summed E-state index contributed by atoms with van der Waals surface area (Å²) in [4.78, 5) is 21.1. The van der Waals surface area contributed by atoms with Crippen molar-refractivity contribution in [3.8, 4) is 0 Å². The van der Waals surface area contributed by atoms with Gasteiger partial charge in [0.15, 0.2) is 0 Å². The van der Waals surface area contributed by atoms with Crippen molar-refractivity contribution in [3.05, 3.63) is 11.1 Å². The minimum Gasteiger partial charge on any atom is -0.298 e. The fourth-order valence-electron chi connectivity index (χ4n) is 2.35. The highest BCUT2D eigenvalue weighted by Gasteiger charge is 2.38. The Labute approximate surface area is 65.3 Å². The van der Waals surface area contributed by atoms with Gasteiger partial charge in [0, 0.05) is 11.1 Å². The topological polar surface area (TPSA) is 34.1 Å². The lowest BCUT2D eigenvalue weighted by molar-refractivity contribution is -0.107. The lowest BCUT2D eigenvalue weighted by Gasteiger charge is -2.10. The van der Waals surface area contributed by atoms with Crippen molar-refractivity contribution in [2.45, 2.75) is 19.3 Å². The molecular formula is C9H10O2. The van der Waals surface area contributed by atoms with E-state index in [-0.39, 0.29) is 0 Å². The smallest absolute Gasteiger partial charge is 0.146 e. The zero-order valence-electron chi connectivity index (χ0n) is 6.25. The molecule has 2 rings (SSSR count). The first-order valence-electron chi connectivity index (χ1n) is 4.01. The Balaban J connectivity index is 2.41. The van der Waals surface area contributed by atoms with Crippen LogP contribution >= 0.6 is 0 Å². The molecule has 0 saturated heterocycles. The van der Waals surface area contributed by atoms with Crippen LogP contribution in [0.2, 0.25) is 0 Å². The van der Waals surface area contributed by atoms with Gasteiger partial charge < -0.3 is 0 Å². The van der Waals surface area contributed by atoms with E-state index < -0.39 is 0 Å². The zero-order valence-corrected chi connectivity index (χ0v) is 6.25. The van der Waals surface area contributed by atoms with Crippen molar-refractivity contribution in [2.24, 2.45) is 11.8 Å². The van der Waals surface area contributed by atoms with Crippen LogP contribution in [-0.4, -0.2) is 12.6 Å². The van der Waals surface area contributed by atoms with E-state index in [0.29, 0.717) is 11.8 Å². The molecule has 0 aliphatic heterocycles. The van der Waals surface area contributed by atoms with E-state index in [0.717, 1.165) is 43.0 Å². The molecule has 0 heterocycles. The average molecular weight is 150 g/mol. The molecule has 1 fully saturated rings. The van der Waals surface area contributed by atoms with Gasteiger partial charge in [-0.05, 0) is 31.1 Å². The number of carbonyl (C=O) groups is 2. The van der Waals surface area contributed by atoms with E-state index in [1.807, 2.05) is 0 Å². The molecule has 2 aliphatic carbocycles. The number of hydrogen-bond acceptors (Lipinski definition) is 2. The van der Waals surface area contributed by atoms with Gasteiger partial charge in [-0.3, -0.25) is 9.59 Å².